The molecule has 0 unspecified atom stereocenters. The van der Waals surface area contributed by atoms with Gasteiger partial charge in [-0.25, -0.2) is 0 Å². The van der Waals surface area contributed by atoms with Gasteiger partial charge in [-0.2, -0.15) is 13.2 Å². The van der Waals surface area contributed by atoms with Gasteiger partial charge in [-0.15, -0.1) is 0 Å². The van der Waals surface area contributed by atoms with Crippen LogP contribution in [0.1, 0.15) is 55.5 Å². The second kappa shape index (κ2) is 10.5. The first-order valence-electron chi connectivity index (χ1n) is 11.9. The number of benzene rings is 2. The van der Waals surface area contributed by atoms with Crippen LogP contribution in [0.15, 0.2) is 48.5 Å². The van der Waals surface area contributed by atoms with Gasteiger partial charge in [0.15, 0.2) is 0 Å². The van der Waals surface area contributed by atoms with E-state index in [9.17, 15) is 13.2 Å². The summed E-state index contributed by atoms with van der Waals surface area (Å²) in [5, 5.41) is 3.50. The average molecular weight is 463 g/mol. The smallest absolute Gasteiger partial charge is 0.378 e. The van der Waals surface area contributed by atoms with E-state index in [1.54, 1.807) is 0 Å². The van der Waals surface area contributed by atoms with Gasteiger partial charge in [-0.1, -0.05) is 44.2 Å². The third-order valence-electron chi connectivity index (χ3n) is 6.88. The van der Waals surface area contributed by atoms with E-state index in [1.807, 2.05) is 18.2 Å². The van der Waals surface area contributed by atoms with Gasteiger partial charge in [-0.05, 0) is 49.7 Å². The van der Waals surface area contributed by atoms with E-state index in [4.69, 9.17) is 9.47 Å². The number of fused-ring (bicyclic) bond motifs is 3. The minimum absolute atomic E-state index is 0.00929. The Kier molecular flexibility index (Phi) is 7.62. The molecule has 0 aromatic heterocycles. The summed E-state index contributed by atoms with van der Waals surface area (Å²) in [5.41, 5.74) is 1.78. The second-order valence-corrected chi connectivity index (χ2v) is 8.85. The van der Waals surface area contributed by atoms with E-state index in [2.05, 4.69) is 36.2 Å². The van der Waals surface area contributed by atoms with Crippen molar-refractivity contribution in [2.24, 2.45) is 5.92 Å². The molecule has 2 aliphatic rings. The third-order valence-corrected chi connectivity index (χ3v) is 6.88. The van der Waals surface area contributed by atoms with Crippen molar-refractivity contribution in [3.8, 4) is 0 Å². The van der Waals surface area contributed by atoms with Crippen LogP contribution in [-0.2, 0) is 15.7 Å². The molecule has 0 saturated carbocycles. The highest BCUT2D eigenvalue weighted by Crippen LogP contribution is 2.51. The van der Waals surface area contributed by atoms with Crippen LogP contribution in [0, 0.1) is 5.92 Å². The van der Waals surface area contributed by atoms with Crippen LogP contribution >= 0.6 is 0 Å². The number of alkyl halides is 3. The van der Waals surface area contributed by atoms with Crippen molar-refractivity contribution in [3.05, 3.63) is 65.2 Å². The molecule has 1 fully saturated rings. The number of anilines is 1. The number of nitrogens with zero attached hydrogens (tertiary/aromatic N) is 1. The molecule has 4 rings (SSSR count). The molecule has 1 saturated heterocycles. The Morgan fingerprint density at radius 1 is 1.06 bits per heavy atom. The minimum Gasteiger partial charge on any atom is -0.378 e. The van der Waals surface area contributed by atoms with Gasteiger partial charge in [-0.3, -0.25) is 0 Å². The van der Waals surface area contributed by atoms with Crippen molar-refractivity contribution in [1.82, 2.24) is 4.90 Å². The van der Waals surface area contributed by atoms with Crippen LogP contribution in [0.5, 0.6) is 0 Å². The molecule has 33 heavy (non-hydrogen) atoms. The van der Waals surface area contributed by atoms with Crippen molar-refractivity contribution < 1.29 is 22.6 Å². The molecule has 0 bridgehead atoms. The van der Waals surface area contributed by atoms with E-state index in [-0.39, 0.29) is 18.1 Å². The van der Waals surface area contributed by atoms with Crippen molar-refractivity contribution in [2.45, 2.75) is 51.1 Å². The van der Waals surface area contributed by atoms with E-state index < -0.39 is 17.8 Å². The highest BCUT2D eigenvalue weighted by Gasteiger charge is 2.43. The number of ether oxygens (including phenoxy) is 2. The van der Waals surface area contributed by atoms with Gasteiger partial charge in [0.05, 0.1) is 37.0 Å². The Balaban J connectivity index is 1.53. The first kappa shape index (κ1) is 24.0. The zero-order valence-electron chi connectivity index (χ0n) is 19.3. The average Bonchev–Trinajstić information content (AvgIpc) is 2.83. The van der Waals surface area contributed by atoms with E-state index in [0.717, 1.165) is 44.1 Å². The maximum Gasteiger partial charge on any atom is 0.416 e. The topological polar surface area (TPSA) is 33.7 Å². The highest BCUT2D eigenvalue weighted by molar-refractivity contribution is 5.58. The molecule has 0 spiro atoms. The summed E-state index contributed by atoms with van der Waals surface area (Å²) in [4.78, 5) is 2.30. The molecule has 4 atom stereocenters. The first-order chi connectivity index (χ1) is 15.9. The molecule has 1 N–H and O–H groups in total. The van der Waals surface area contributed by atoms with Gasteiger partial charge in [0.25, 0.3) is 0 Å². The molecule has 0 radical (unpaired) electrons. The lowest BCUT2D eigenvalue weighted by atomic mass is 9.76. The lowest BCUT2D eigenvalue weighted by molar-refractivity contribution is -0.138. The van der Waals surface area contributed by atoms with Crippen LogP contribution in [-0.4, -0.2) is 43.9 Å². The third kappa shape index (κ3) is 5.53. The van der Waals surface area contributed by atoms with Crippen LogP contribution in [0.2, 0.25) is 0 Å². The van der Waals surface area contributed by atoms with Crippen molar-refractivity contribution in [3.63, 3.8) is 0 Å². The quantitative estimate of drug-likeness (QED) is 0.483. The van der Waals surface area contributed by atoms with Gasteiger partial charge < -0.3 is 19.7 Å². The van der Waals surface area contributed by atoms with E-state index in [1.165, 1.54) is 12.1 Å². The second-order valence-electron chi connectivity index (χ2n) is 8.85. The van der Waals surface area contributed by atoms with Crippen molar-refractivity contribution >= 4 is 5.69 Å². The van der Waals surface area contributed by atoms with Crippen molar-refractivity contribution in [1.29, 1.82) is 0 Å². The predicted molar refractivity (Wildman–Crippen MR) is 123 cm³/mol. The predicted octanol–water partition coefficient (Wildman–Crippen LogP) is 6.07. The summed E-state index contributed by atoms with van der Waals surface area (Å²) in [7, 11) is 0. The summed E-state index contributed by atoms with van der Waals surface area (Å²) in [6.07, 6.45) is -3.23. The molecule has 2 heterocycles. The molecule has 7 heteroatoms. The van der Waals surface area contributed by atoms with Crippen LogP contribution in [0.4, 0.5) is 18.9 Å². The lowest BCUT2D eigenvalue weighted by Crippen LogP contribution is -2.40. The number of likely N-dealkylation sites (N-methyl/N-ethyl adjacent to an activating group) is 1. The Hall–Kier alpha value is -2.09. The molecule has 4 nitrogen and oxygen atoms in total. The summed E-state index contributed by atoms with van der Waals surface area (Å²) in [6.45, 7) is 8.16. The summed E-state index contributed by atoms with van der Waals surface area (Å²) in [5.74, 6) is 0.0512. The zero-order chi connectivity index (χ0) is 23.4. The maximum absolute atomic E-state index is 13.4. The normalized spacial score (nSPS) is 24.8. The Morgan fingerprint density at radius 2 is 1.82 bits per heavy atom. The zero-order valence-corrected chi connectivity index (χ0v) is 19.3. The van der Waals surface area contributed by atoms with Crippen LogP contribution in [0.25, 0.3) is 0 Å². The fourth-order valence-corrected chi connectivity index (χ4v) is 4.99. The molecule has 0 aliphatic carbocycles. The monoisotopic (exact) mass is 462 g/mol. The van der Waals surface area contributed by atoms with E-state index >= 15 is 0 Å². The van der Waals surface area contributed by atoms with Gasteiger partial charge in [0.1, 0.15) is 0 Å². The first-order valence-corrected chi connectivity index (χ1v) is 11.9. The molecule has 2 aliphatic heterocycles. The fraction of sp³-hybridized carbons (Fsp3) is 0.538. The number of hydrogen-bond donors (Lipinski definition) is 1. The summed E-state index contributed by atoms with van der Waals surface area (Å²) in [6, 6.07) is 14.0. The maximum atomic E-state index is 13.4. The van der Waals surface area contributed by atoms with Gasteiger partial charge in [0, 0.05) is 23.7 Å². The molecular formula is C26H33F3N2O2. The van der Waals surface area contributed by atoms with Crippen LogP contribution < -0.4 is 5.32 Å². The summed E-state index contributed by atoms with van der Waals surface area (Å²) < 4.78 is 52.7. The molecule has 2 aromatic rings. The SMILES string of the molecule is CCN(CC)CCOC[C@H]1CC[C@@H]2[C@H](O1)c1cc(C(F)(F)F)ccc1N[C@H]2c1ccccc1. The van der Waals surface area contributed by atoms with Gasteiger partial charge in [0.2, 0.25) is 0 Å². The number of nitrogens with one attached hydrogen (secondary N) is 1. The van der Waals surface area contributed by atoms with E-state index in [0.29, 0.717) is 24.5 Å². The standard InChI is InChI=1S/C26H33F3N2O2/c1-3-31(4-2)14-15-32-17-20-11-12-21-24(18-8-6-5-7-9-18)30-23-13-10-19(26(27,28)29)16-22(23)25(21)33-20/h5-10,13,16,20-21,24-25,30H,3-4,11-12,14-15,17H2,1-2H3/t20-,21+,24+,25+/m1/s1. The molecular weight excluding hydrogens is 429 g/mol. The number of rotatable bonds is 8. The lowest BCUT2D eigenvalue weighted by Gasteiger charge is -2.45. The number of hydrogen-bond acceptors (Lipinski definition) is 4. The molecule has 0 amide bonds. The largest absolute Gasteiger partial charge is 0.416 e. The Labute approximate surface area is 194 Å². The highest BCUT2D eigenvalue weighted by atomic mass is 19.4. The summed E-state index contributed by atoms with van der Waals surface area (Å²) >= 11 is 0. The van der Waals surface area contributed by atoms with Gasteiger partial charge >= 0.3 is 6.18 Å². The molecule has 2 aromatic carbocycles. The number of halogens is 3. The molecule has 180 valence electrons. The fourth-order valence-electron chi connectivity index (χ4n) is 4.99. The Morgan fingerprint density at radius 3 is 2.52 bits per heavy atom. The Bertz CT molecular complexity index is 902. The van der Waals surface area contributed by atoms with Crippen molar-refractivity contribution in [2.75, 3.05) is 38.2 Å². The minimum atomic E-state index is -4.39. The van der Waals surface area contributed by atoms with Crippen LogP contribution in [0.3, 0.4) is 0 Å².